The van der Waals surface area contributed by atoms with Gasteiger partial charge in [0.05, 0.1) is 0 Å². The quantitative estimate of drug-likeness (QED) is 0.752. The van der Waals surface area contributed by atoms with Crippen molar-refractivity contribution in [3.8, 4) is 0 Å². The zero-order chi connectivity index (χ0) is 10.8. The normalized spacial score (nSPS) is 26.6. The second kappa shape index (κ2) is 4.31. The molecule has 1 aromatic rings. The highest BCUT2D eigenvalue weighted by atomic mass is 19.1. The van der Waals surface area contributed by atoms with Crippen molar-refractivity contribution in [2.75, 3.05) is 0 Å². The first kappa shape index (κ1) is 10.6. The van der Waals surface area contributed by atoms with Crippen LogP contribution in [0.4, 0.5) is 4.39 Å². The van der Waals surface area contributed by atoms with Gasteiger partial charge >= 0.3 is 0 Å². The van der Waals surface area contributed by atoms with Gasteiger partial charge in [-0.25, -0.2) is 4.39 Å². The summed E-state index contributed by atoms with van der Waals surface area (Å²) in [6, 6.07) is 5.74. The van der Waals surface area contributed by atoms with E-state index in [-0.39, 0.29) is 11.9 Å². The summed E-state index contributed by atoms with van der Waals surface area (Å²) in [6.45, 7) is 1.79. The van der Waals surface area contributed by atoms with E-state index < -0.39 is 0 Å². The van der Waals surface area contributed by atoms with Crippen LogP contribution in [0.3, 0.4) is 0 Å². The van der Waals surface area contributed by atoms with Crippen LogP contribution in [0, 0.1) is 12.7 Å². The summed E-state index contributed by atoms with van der Waals surface area (Å²) in [5.41, 5.74) is 7.86. The van der Waals surface area contributed by atoms with Crippen molar-refractivity contribution in [3.05, 3.63) is 35.1 Å². The molecule has 2 rings (SSSR count). The van der Waals surface area contributed by atoms with Crippen LogP contribution in [0.5, 0.6) is 0 Å². The second-order valence-electron chi connectivity index (χ2n) is 4.56. The zero-order valence-corrected chi connectivity index (χ0v) is 9.17. The molecule has 1 fully saturated rings. The van der Waals surface area contributed by atoms with Crippen molar-refractivity contribution in [1.82, 2.24) is 0 Å². The molecule has 0 spiro atoms. The van der Waals surface area contributed by atoms with E-state index in [0.717, 1.165) is 18.4 Å². The summed E-state index contributed by atoms with van der Waals surface area (Å²) in [7, 11) is 0. The van der Waals surface area contributed by atoms with Crippen LogP contribution in [0.25, 0.3) is 0 Å². The van der Waals surface area contributed by atoms with Crippen molar-refractivity contribution in [3.63, 3.8) is 0 Å². The van der Waals surface area contributed by atoms with E-state index in [0.29, 0.717) is 11.5 Å². The molecule has 1 aromatic carbocycles. The standard InChI is InChI=1S/C13H18FN/c1-9-6-7-10(8-12(9)14)11-4-2-3-5-13(11)15/h6-8,11,13H,2-5,15H2,1H3. The maximum atomic E-state index is 13.4. The first-order valence-corrected chi connectivity index (χ1v) is 5.70. The molecule has 0 amide bonds. The van der Waals surface area contributed by atoms with Crippen LogP contribution in [0.1, 0.15) is 42.7 Å². The molecule has 1 aliphatic rings. The van der Waals surface area contributed by atoms with Gasteiger partial charge in [-0.1, -0.05) is 25.0 Å². The van der Waals surface area contributed by atoms with E-state index in [1.165, 1.54) is 12.8 Å². The smallest absolute Gasteiger partial charge is 0.126 e. The molecule has 0 aromatic heterocycles. The average molecular weight is 207 g/mol. The lowest BCUT2D eigenvalue weighted by molar-refractivity contribution is 0.384. The van der Waals surface area contributed by atoms with Gasteiger partial charge in [-0.05, 0) is 42.9 Å². The average Bonchev–Trinajstić information content (AvgIpc) is 2.23. The van der Waals surface area contributed by atoms with E-state index in [4.69, 9.17) is 5.73 Å². The molecule has 0 bridgehead atoms. The Balaban J connectivity index is 2.24. The SMILES string of the molecule is Cc1ccc(C2CCCCC2N)cc1F. The third-order valence-electron chi connectivity index (χ3n) is 3.44. The monoisotopic (exact) mass is 207 g/mol. The fourth-order valence-corrected chi connectivity index (χ4v) is 2.41. The minimum atomic E-state index is -0.106. The summed E-state index contributed by atoms with van der Waals surface area (Å²) in [4.78, 5) is 0. The number of aryl methyl sites for hydroxylation is 1. The van der Waals surface area contributed by atoms with Gasteiger partial charge in [0.25, 0.3) is 0 Å². The molecular weight excluding hydrogens is 189 g/mol. The largest absolute Gasteiger partial charge is 0.327 e. The molecular formula is C13H18FN. The van der Waals surface area contributed by atoms with Gasteiger partial charge in [0, 0.05) is 6.04 Å². The van der Waals surface area contributed by atoms with Crippen molar-refractivity contribution < 1.29 is 4.39 Å². The van der Waals surface area contributed by atoms with Gasteiger partial charge in [0.2, 0.25) is 0 Å². The van der Waals surface area contributed by atoms with E-state index in [1.54, 1.807) is 13.0 Å². The number of hydrogen-bond acceptors (Lipinski definition) is 1. The van der Waals surface area contributed by atoms with Crippen molar-refractivity contribution in [2.24, 2.45) is 5.73 Å². The van der Waals surface area contributed by atoms with Gasteiger partial charge in [0.15, 0.2) is 0 Å². The maximum absolute atomic E-state index is 13.4. The molecule has 2 N–H and O–H groups in total. The molecule has 0 aliphatic heterocycles. The van der Waals surface area contributed by atoms with Crippen molar-refractivity contribution >= 4 is 0 Å². The van der Waals surface area contributed by atoms with Crippen LogP contribution in [0.15, 0.2) is 18.2 Å². The summed E-state index contributed by atoms with van der Waals surface area (Å²) in [5.74, 6) is 0.249. The number of benzene rings is 1. The Kier molecular flexibility index (Phi) is 3.06. The highest BCUT2D eigenvalue weighted by molar-refractivity contribution is 5.27. The topological polar surface area (TPSA) is 26.0 Å². The maximum Gasteiger partial charge on any atom is 0.126 e. The lowest BCUT2D eigenvalue weighted by Gasteiger charge is -2.29. The highest BCUT2D eigenvalue weighted by Gasteiger charge is 2.23. The second-order valence-corrected chi connectivity index (χ2v) is 4.56. The molecule has 2 unspecified atom stereocenters. The lowest BCUT2D eigenvalue weighted by Crippen LogP contribution is -2.31. The Bertz CT molecular complexity index is 348. The van der Waals surface area contributed by atoms with Gasteiger partial charge in [-0.3, -0.25) is 0 Å². The van der Waals surface area contributed by atoms with Crippen molar-refractivity contribution in [2.45, 2.75) is 44.6 Å². The molecule has 0 heterocycles. The summed E-state index contributed by atoms with van der Waals surface area (Å²) >= 11 is 0. The molecule has 2 heteroatoms. The Hall–Kier alpha value is -0.890. The third kappa shape index (κ3) is 2.20. The van der Waals surface area contributed by atoms with Crippen LogP contribution in [0.2, 0.25) is 0 Å². The fourth-order valence-electron chi connectivity index (χ4n) is 2.41. The van der Waals surface area contributed by atoms with Crippen LogP contribution in [-0.4, -0.2) is 6.04 Å². The van der Waals surface area contributed by atoms with Gasteiger partial charge in [-0.2, -0.15) is 0 Å². The highest BCUT2D eigenvalue weighted by Crippen LogP contribution is 2.32. The Morgan fingerprint density at radius 2 is 2.00 bits per heavy atom. The Labute approximate surface area is 90.5 Å². The summed E-state index contributed by atoms with van der Waals surface area (Å²) in [6.07, 6.45) is 4.60. The fraction of sp³-hybridized carbons (Fsp3) is 0.538. The predicted octanol–water partition coefficient (Wildman–Crippen LogP) is 3.12. The first-order valence-electron chi connectivity index (χ1n) is 5.70. The molecule has 0 saturated heterocycles. The molecule has 2 atom stereocenters. The van der Waals surface area contributed by atoms with Crippen LogP contribution in [-0.2, 0) is 0 Å². The molecule has 1 nitrogen and oxygen atoms in total. The minimum absolute atomic E-state index is 0.106. The molecule has 1 aliphatic carbocycles. The van der Waals surface area contributed by atoms with E-state index >= 15 is 0 Å². The number of hydrogen-bond donors (Lipinski definition) is 1. The van der Waals surface area contributed by atoms with Crippen molar-refractivity contribution in [1.29, 1.82) is 0 Å². The Morgan fingerprint density at radius 1 is 1.27 bits per heavy atom. The number of halogens is 1. The molecule has 0 radical (unpaired) electrons. The molecule has 82 valence electrons. The summed E-state index contributed by atoms with van der Waals surface area (Å²) < 4.78 is 13.4. The number of nitrogens with two attached hydrogens (primary N) is 1. The number of rotatable bonds is 1. The van der Waals surface area contributed by atoms with E-state index in [2.05, 4.69) is 0 Å². The van der Waals surface area contributed by atoms with Gasteiger partial charge in [0.1, 0.15) is 5.82 Å². The third-order valence-corrected chi connectivity index (χ3v) is 3.44. The minimum Gasteiger partial charge on any atom is -0.327 e. The molecule has 15 heavy (non-hydrogen) atoms. The van der Waals surface area contributed by atoms with E-state index in [1.807, 2.05) is 12.1 Å². The zero-order valence-electron chi connectivity index (χ0n) is 9.17. The van der Waals surface area contributed by atoms with E-state index in [9.17, 15) is 4.39 Å². The lowest BCUT2D eigenvalue weighted by atomic mass is 9.80. The first-order chi connectivity index (χ1) is 7.18. The predicted molar refractivity (Wildman–Crippen MR) is 60.3 cm³/mol. The Morgan fingerprint density at radius 3 is 2.67 bits per heavy atom. The van der Waals surface area contributed by atoms with Crippen LogP contribution < -0.4 is 5.73 Å². The van der Waals surface area contributed by atoms with Gasteiger partial charge in [-0.15, -0.1) is 0 Å². The summed E-state index contributed by atoms with van der Waals surface area (Å²) in [5, 5.41) is 0. The van der Waals surface area contributed by atoms with Crippen LogP contribution >= 0.6 is 0 Å². The molecule has 1 saturated carbocycles. The van der Waals surface area contributed by atoms with Gasteiger partial charge < -0.3 is 5.73 Å².